The molecule has 7 nitrogen and oxygen atoms in total. The third-order valence-electron chi connectivity index (χ3n) is 1.56. The van der Waals surface area contributed by atoms with E-state index in [1.165, 1.54) is 0 Å². The molecule has 0 aliphatic rings. The van der Waals surface area contributed by atoms with Gasteiger partial charge in [-0.25, -0.2) is 0 Å². The first-order valence-corrected chi connectivity index (χ1v) is 4.47. The van der Waals surface area contributed by atoms with Crippen molar-refractivity contribution in [1.29, 1.82) is 0 Å². The predicted molar refractivity (Wildman–Crippen MR) is 52.7 cm³/mol. The molecule has 1 aromatic heterocycles. The molecule has 80 valence electrons. The van der Waals surface area contributed by atoms with Gasteiger partial charge >= 0.3 is 5.97 Å². The first kappa shape index (κ1) is 11.4. The Hall–Kier alpha value is -1.70. The quantitative estimate of drug-likeness (QED) is 0.643. The van der Waals surface area contributed by atoms with Crippen LogP contribution in [0.25, 0.3) is 0 Å². The number of pyridine rings is 1. The van der Waals surface area contributed by atoms with Gasteiger partial charge in [0, 0.05) is 6.07 Å². The van der Waals surface area contributed by atoms with Gasteiger partial charge in [0.25, 0.3) is 11.2 Å². The molecule has 0 unspecified atom stereocenters. The molecule has 0 aliphatic heterocycles. The maximum Gasteiger partial charge on any atom is 0.323 e. The van der Waals surface area contributed by atoms with Gasteiger partial charge < -0.3 is 5.11 Å². The van der Waals surface area contributed by atoms with Gasteiger partial charge in [-0.15, -0.1) is 0 Å². The molecular formula is C7H5BrN2O5. The number of carboxylic acid groups (broad SMARTS) is 1. The van der Waals surface area contributed by atoms with Crippen molar-refractivity contribution in [2.75, 3.05) is 0 Å². The molecule has 0 saturated carbocycles. The third-order valence-corrected chi connectivity index (χ3v) is 2.19. The van der Waals surface area contributed by atoms with Crippen LogP contribution in [-0.2, 0) is 11.3 Å². The van der Waals surface area contributed by atoms with Crippen LogP contribution in [0, 0.1) is 10.1 Å². The molecule has 0 aliphatic carbocycles. The lowest BCUT2D eigenvalue weighted by molar-refractivity contribution is -0.386. The average molecular weight is 277 g/mol. The normalized spacial score (nSPS) is 9.93. The molecule has 1 heterocycles. The summed E-state index contributed by atoms with van der Waals surface area (Å²) in [7, 11) is 0. The van der Waals surface area contributed by atoms with E-state index in [-0.39, 0.29) is 10.2 Å². The number of carbonyl (C=O) groups is 1. The van der Waals surface area contributed by atoms with E-state index in [4.69, 9.17) is 5.11 Å². The van der Waals surface area contributed by atoms with Crippen molar-refractivity contribution in [2.24, 2.45) is 0 Å². The minimum absolute atomic E-state index is 0.0270. The van der Waals surface area contributed by atoms with Crippen molar-refractivity contribution in [3.8, 4) is 0 Å². The van der Waals surface area contributed by atoms with Crippen LogP contribution in [0.4, 0.5) is 5.69 Å². The summed E-state index contributed by atoms with van der Waals surface area (Å²) in [5.41, 5.74) is -0.967. The zero-order valence-electron chi connectivity index (χ0n) is 7.21. The number of aromatic nitrogens is 1. The zero-order chi connectivity index (χ0) is 11.6. The Morgan fingerprint density at radius 2 is 2.27 bits per heavy atom. The van der Waals surface area contributed by atoms with Gasteiger partial charge in [-0.1, -0.05) is 0 Å². The molecule has 0 bridgehead atoms. The van der Waals surface area contributed by atoms with Crippen LogP contribution in [0.3, 0.4) is 0 Å². The summed E-state index contributed by atoms with van der Waals surface area (Å²) < 4.78 is 0.782. The van der Waals surface area contributed by atoms with Gasteiger partial charge in [0.1, 0.15) is 11.0 Å². The van der Waals surface area contributed by atoms with Crippen LogP contribution in [0.1, 0.15) is 0 Å². The monoisotopic (exact) mass is 276 g/mol. The number of rotatable bonds is 3. The second-order valence-corrected chi connectivity index (χ2v) is 3.48. The van der Waals surface area contributed by atoms with Crippen molar-refractivity contribution in [1.82, 2.24) is 4.57 Å². The molecule has 15 heavy (non-hydrogen) atoms. The van der Waals surface area contributed by atoms with Crippen molar-refractivity contribution in [2.45, 2.75) is 6.54 Å². The molecule has 0 saturated heterocycles. The summed E-state index contributed by atoms with van der Waals surface area (Å²) in [6, 6.07) is 0.959. The van der Waals surface area contributed by atoms with Gasteiger partial charge in [0.2, 0.25) is 0 Å². The number of nitro groups is 1. The Bertz CT molecular complexity index is 481. The highest BCUT2D eigenvalue weighted by atomic mass is 79.9. The maximum atomic E-state index is 11.2. The molecule has 1 N–H and O–H groups in total. The Balaban J connectivity index is 3.29. The lowest BCUT2D eigenvalue weighted by Crippen LogP contribution is -2.23. The van der Waals surface area contributed by atoms with Crippen LogP contribution in [0.5, 0.6) is 0 Å². The van der Waals surface area contributed by atoms with E-state index in [0.29, 0.717) is 0 Å². The predicted octanol–water partition coefficient (Wildman–Crippen LogP) is 0.604. The van der Waals surface area contributed by atoms with Gasteiger partial charge in [-0.05, 0) is 15.9 Å². The number of carboxylic acids is 1. The number of hydrogen-bond donors (Lipinski definition) is 1. The maximum absolute atomic E-state index is 11.2. The topological polar surface area (TPSA) is 102 Å². The fourth-order valence-corrected chi connectivity index (χ4v) is 1.38. The molecule has 0 amide bonds. The average Bonchev–Trinajstić information content (AvgIpc) is 2.08. The second-order valence-electron chi connectivity index (χ2n) is 2.62. The van der Waals surface area contributed by atoms with E-state index < -0.39 is 23.0 Å². The van der Waals surface area contributed by atoms with Gasteiger partial charge in [0.05, 0.1) is 11.1 Å². The third kappa shape index (κ3) is 2.62. The lowest BCUT2D eigenvalue weighted by Gasteiger charge is -2.02. The van der Waals surface area contributed by atoms with E-state index in [1.54, 1.807) is 0 Å². The second kappa shape index (κ2) is 4.22. The van der Waals surface area contributed by atoms with Gasteiger partial charge in [0.15, 0.2) is 0 Å². The van der Waals surface area contributed by atoms with Crippen molar-refractivity contribution < 1.29 is 14.8 Å². The molecule has 1 rings (SSSR count). The van der Waals surface area contributed by atoms with Gasteiger partial charge in [-0.2, -0.15) is 0 Å². The van der Waals surface area contributed by atoms with Crippen molar-refractivity contribution in [3.63, 3.8) is 0 Å². The van der Waals surface area contributed by atoms with Crippen LogP contribution >= 0.6 is 15.9 Å². The molecule has 8 heteroatoms. The number of hydrogen-bond acceptors (Lipinski definition) is 4. The summed E-state index contributed by atoms with van der Waals surface area (Å²) in [5, 5.41) is 18.9. The Morgan fingerprint density at radius 1 is 1.67 bits per heavy atom. The lowest BCUT2D eigenvalue weighted by atomic mass is 10.4. The zero-order valence-corrected chi connectivity index (χ0v) is 8.80. The Kier molecular flexibility index (Phi) is 3.20. The van der Waals surface area contributed by atoms with Gasteiger partial charge in [-0.3, -0.25) is 24.3 Å². The molecule has 0 aromatic carbocycles. The minimum atomic E-state index is -1.24. The summed E-state index contributed by atoms with van der Waals surface area (Å²) in [6.45, 7) is -0.604. The van der Waals surface area contributed by atoms with E-state index >= 15 is 0 Å². The van der Waals surface area contributed by atoms with E-state index in [1.807, 2.05) is 0 Å². The van der Waals surface area contributed by atoms with E-state index in [0.717, 1.165) is 16.8 Å². The number of halogens is 1. The molecule has 0 fully saturated rings. The van der Waals surface area contributed by atoms with Crippen molar-refractivity contribution >= 4 is 27.6 Å². The first-order chi connectivity index (χ1) is 6.91. The molecule has 0 radical (unpaired) electrons. The highest BCUT2D eigenvalue weighted by Crippen LogP contribution is 2.21. The minimum Gasteiger partial charge on any atom is -0.480 e. The SMILES string of the molecule is O=C(O)Cn1cc([N+](=O)[O-])c(Br)cc1=O. The van der Waals surface area contributed by atoms with E-state index in [9.17, 15) is 19.7 Å². The van der Waals surface area contributed by atoms with E-state index in [2.05, 4.69) is 15.9 Å². The molecule has 1 aromatic rings. The van der Waals surface area contributed by atoms with Crippen molar-refractivity contribution in [3.05, 3.63) is 37.2 Å². The highest BCUT2D eigenvalue weighted by molar-refractivity contribution is 9.10. The summed E-state index contributed by atoms with van der Waals surface area (Å²) in [4.78, 5) is 31.3. The Labute approximate surface area is 91.2 Å². The van der Waals surface area contributed by atoms with Crippen LogP contribution in [0.2, 0.25) is 0 Å². The van der Waals surface area contributed by atoms with Crippen LogP contribution in [-0.4, -0.2) is 20.6 Å². The molecule has 0 atom stereocenters. The van der Waals surface area contributed by atoms with Crippen LogP contribution < -0.4 is 5.56 Å². The smallest absolute Gasteiger partial charge is 0.323 e. The molecular weight excluding hydrogens is 272 g/mol. The highest BCUT2D eigenvalue weighted by Gasteiger charge is 2.15. The Morgan fingerprint density at radius 3 is 2.73 bits per heavy atom. The summed E-state index contributed by atoms with van der Waals surface area (Å²) >= 11 is 2.85. The standard InChI is InChI=1S/C7H5BrN2O5/c8-4-1-6(11)9(3-7(12)13)2-5(4)10(14)15/h1-2H,3H2,(H,12,13). The largest absolute Gasteiger partial charge is 0.480 e. The summed E-state index contributed by atoms with van der Waals surface area (Å²) in [6.07, 6.45) is 0.889. The first-order valence-electron chi connectivity index (χ1n) is 3.68. The summed E-state index contributed by atoms with van der Waals surface area (Å²) in [5.74, 6) is -1.24. The fraction of sp³-hybridized carbons (Fsp3) is 0.143. The van der Waals surface area contributed by atoms with Crippen LogP contribution in [0.15, 0.2) is 21.5 Å². The molecule has 0 spiro atoms. The number of aliphatic carboxylic acids is 1. The number of nitrogens with zero attached hydrogens (tertiary/aromatic N) is 2. The fourth-order valence-electron chi connectivity index (χ4n) is 0.942.